The average Bonchev–Trinajstić information content (AvgIpc) is 3.46. The first-order chi connectivity index (χ1) is 15.7. The first kappa shape index (κ1) is 20.7. The Bertz CT molecular complexity index is 1300. The molecule has 162 valence electrons. The summed E-state index contributed by atoms with van der Waals surface area (Å²) < 4.78 is 1.26. The molecule has 32 heavy (non-hydrogen) atoms. The third kappa shape index (κ3) is 4.24. The number of hydrogen-bond donors (Lipinski definition) is 2. The smallest absolute Gasteiger partial charge is 0.229 e. The lowest BCUT2D eigenvalue weighted by molar-refractivity contribution is 0.280. The van der Waals surface area contributed by atoms with Gasteiger partial charge in [-0.1, -0.05) is 44.2 Å². The molecule has 2 N–H and O–H groups in total. The Balaban J connectivity index is 1.42. The summed E-state index contributed by atoms with van der Waals surface area (Å²) in [5.74, 6) is 0.598. The van der Waals surface area contributed by atoms with Crippen LogP contribution >= 0.6 is 11.3 Å². The van der Waals surface area contributed by atoms with Gasteiger partial charge < -0.3 is 10.3 Å². The molecule has 0 amide bonds. The van der Waals surface area contributed by atoms with Crippen molar-refractivity contribution in [3.05, 3.63) is 72.4 Å². The molecule has 0 unspecified atom stereocenters. The van der Waals surface area contributed by atoms with Crippen molar-refractivity contribution >= 4 is 44.1 Å². The van der Waals surface area contributed by atoms with Crippen LogP contribution in [0.5, 0.6) is 0 Å². The number of anilines is 2. The van der Waals surface area contributed by atoms with Crippen LogP contribution in [0.3, 0.4) is 0 Å². The quantitative estimate of drug-likeness (QED) is 0.277. The van der Waals surface area contributed by atoms with Crippen molar-refractivity contribution in [2.75, 3.05) is 18.4 Å². The Morgan fingerprint density at radius 2 is 1.84 bits per heavy atom. The monoisotopic (exact) mass is 441 g/mol. The molecular weight excluding hydrogens is 414 g/mol. The van der Waals surface area contributed by atoms with Crippen LogP contribution in [-0.4, -0.2) is 32.9 Å². The fraction of sp³-hybridized carbons (Fsp3) is 0.231. The van der Waals surface area contributed by atoms with E-state index >= 15 is 0 Å². The number of nitrogens with zero attached hydrogens (tertiary/aromatic N) is 3. The van der Waals surface area contributed by atoms with E-state index in [-0.39, 0.29) is 0 Å². The van der Waals surface area contributed by atoms with Gasteiger partial charge in [-0.25, -0.2) is 4.98 Å². The summed E-state index contributed by atoms with van der Waals surface area (Å²) in [4.78, 5) is 16.5. The van der Waals surface area contributed by atoms with Gasteiger partial charge in [-0.15, -0.1) is 11.3 Å². The van der Waals surface area contributed by atoms with E-state index in [4.69, 9.17) is 9.97 Å². The molecule has 5 nitrogen and oxygen atoms in total. The van der Waals surface area contributed by atoms with Gasteiger partial charge in [-0.3, -0.25) is 4.90 Å². The molecule has 5 rings (SSSR count). The Labute approximate surface area is 192 Å². The highest BCUT2D eigenvalue weighted by molar-refractivity contribution is 7.22. The number of nitrogens with one attached hydrogen (secondary N) is 2. The van der Waals surface area contributed by atoms with Gasteiger partial charge in [0.2, 0.25) is 5.95 Å². The molecule has 2 aromatic carbocycles. The SMILES string of the molecule is CCCN(CC)Cc1ccc(Nc2nc(-c3cc4ccccc4s3)c3cc[nH]c3n2)cc1. The fourth-order valence-corrected chi connectivity index (χ4v) is 5.10. The molecule has 0 saturated heterocycles. The number of hydrogen-bond acceptors (Lipinski definition) is 5. The summed E-state index contributed by atoms with van der Waals surface area (Å²) in [6.07, 6.45) is 3.10. The van der Waals surface area contributed by atoms with Crippen LogP contribution in [-0.2, 0) is 6.54 Å². The van der Waals surface area contributed by atoms with Crippen molar-refractivity contribution in [3.8, 4) is 10.6 Å². The van der Waals surface area contributed by atoms with E-state index in [9.17, 15) is 0 Å². The predicted octanol–water partition coefficient (Wildman–Crippen LogP) is 6.82. The minimum absolute atomic E-state index is 0.598. The van der Waals surface area contributed by atoms with Crippen LogP contribution in [0.2, 0.25) is 0 Å². The van der Waals surface area contributed by atoms with Crippen LogP contribution in [0.15, 0.2) is 66.9 Å². The Hall–Kier alpha value is -3.22. The second-order valence-electron chi connectivity index (χ2n) is 7.97. The van der Waals surface area contributed by atoms with Crippen LogP contribution < -0.4 is 5.32 Å². The van der Waals surface area contributed by atoms with Gasteiger partial charge >= 0.3 is 0 Å². The minimum Gasteiger partial charge on any atom is -0.346 e. The van der Waals surface area contributed by atoms with Gasteiger partial charge in [0.05, 0.1) is 10.6 Å². The topological polar surface area (TPSA) is 56.8 Å². The van der Waals surface area contributed by atoms with E-state index in [1.165, 1.54) is 22.1 Å². The highest BCUT2D eigenvalue weighted by Gasteiger charge is 2.14. The van der Waals surface area contributed by atoms with Crippen LogP contribution in [0, 0.1) is 0 Å². The molecule has 3 heterocycles. The lowest BCUT2D eigenvalue weighted by Crippen LogP contribution is -2.23. The molecule has 0 saturated carbocycles. The normalized spacial score (nSPS) is 11.6. The van der Waals surface area contributed by atoms with Crippen molar-refractivity contribution in [3.63, 3.8) is 0 Å². The van der Waals surface area contributed by atoms with E-state index in [2.05, 4.69) is 83.6 Å². The third-order valence-corrected chi connectivity index (χ3v) is 6.80. The van der Waals surface area contributed by atoms with Crippen LogP contribution in [0.4, 0.5) is 11.6 Å². The number of H-pyrrole nitrogens is 1. The highest BCUT2D eigenvalue weighted by atomic mass is 32.1. The lowest BCUT2D eigenvalue weighted by Gasteiger charge is -2.19. The standard InChI is InChI=1S/C26H27N5S/c1-3-15-31(4-2)17-18-9-11-20(12-10-18)28-26-29-24(21-13-14-27-25(21)30-26)23-16-19-7-5-6-8-22(19)32-23/h5-14,16H,3-4,15,17H2,1-2H3,(H2,27,28,29,30). The maximum Gasteiger partial charge on any atom is 0.229 e. The molecule has 0 radical (unpaired) electrons. The fourth-order valence-electron chi connectivity index (χ4n) is 4.03. The van der Waals surface area contributed by atoms with Crippen LogP contribution in [0.1, 0.15) is 25.8 Å². The van der Waals surface area contributed by atoms with Gasteiger partial charge in [-0.2, -0.15) is 4.98 Å². The predicted molar refractivity (Wildman–Crippen MR) is 136 cm³/mol. The molecule has 0 aliphatic rings. The molecular formula is C26H27N5S. The molecule has 0 fully saturated rings. The van der Waals surface area contributed by atoms with Gasteiger partial charge in [-0.05, 0) is 60.8 Å². The summed E-state index contributed by atoms with van der Waals surface area (Å²) in [7, 11) is 0. The summed E-state index contributed by atoms with van der Waals surface area (Å²) in [5.41, 5.74) is 4.09. The molecule has 0 bridgehead atoms. The summed E-state index contributed by atoms with van der Waals surface area (Å²) in [6.45, 7) is 7.61. The zero-order chi connectivity index (χ0) is 21.9. The third-order valence-electron chi connectivity index (χ3n) is 5.68. The van der Waals surface area contributed by atoms with Crippen molar-refractivity contribution in [2.24, 2.45) is 0 Å². The van der Waals surface area contributed by atoms with Gasteiger partial charge in [0.25, 0.3) is 0 Å². The number of rotatable bonds is 8. The molecule has 0 aliphatic carbocycles. The molecule has 0 atom stereocenters. The molecule has 3 aromatic heterocycles. The lowest BCUT2D eigenvalue weighted by atomic mass is 10.2. The first-order valence-corrected chi connectivity index (χ1v) is 12.0. The number of aromatic amines is 1. The molecule has 0 spiro atoms. The Morgan fingerprint density at radius 1 is 1.00 bits per heavy atom. The van der Waals surface area contributed by atoms with E-state index in [0.717, 1.165) is 46.9 Å². The van der Waals surface area contributed by atoms with Crippen molar-refractivity contribution in [2.45, 2.75) is 26.8 Å². The van der Waals surface area contributed by atoms with Gasteiger partial charge in [0.15, 0.2) is 0 Å². The second kappa shape index (κ2) is 9.10. The van der Waals surface area contributed by atoms with Crippen LogP contribution in [0.25, 0.3) is 31.7 Å². The maximum absolute atomic E-state index is 4.90. The minimum atomic E-state index is 0.598. The summed E-state index contributed by atoms with van der Waals surface area (Å²) in [5, 5.41) is 5.67. The Morgan fingerprint density at radius 3 is 2.62 bits per heavy atom. The number of benzene rings is 2. The second-order valence-corrected chi connectivity index (χ2v) is 9.06. The van der Waals surface area contributed by atoms with E-state index in [1.54, 1.807) is 11.3 Å². The van der Waals surface area contributed by atoms with E-state index < -0.39 is 0 Å². The average molecular weight is 442 g/mol. The van der Waals surface area contributed by atoms with Crippen molar-refractivity contribution < 1.29 is 0 Å². The summed E-state index contributed by atoms with van der Waals surface area (Å²) >= 11 is 1.76. The van der Waals surface area contributed by atoms with E-state index in [1.807, 2.05) is 12.3 Å². The van der Waals surface area contributed by atoms with E-state index in [0.29, 0.717) is 5.95 Å². The largest absolute Gasteiger partial charge is 0.346 e. The maximum atomic E-state index is 4.90. The van der Waals surface area contributed by atoms with Crippen molar-refractivity contribution in [1.82, 2.24) is 19.9 Å². The van der Waals surface area contributed by atoms with Gasteiger partial charge in [0, 0.05) is 28.5 Å². The molecule has 6 heteroatoms. The zero-order valence-corrected chi connectivity index (χ0v) is 19.2. The van der Waals surface area contributed by atoms with Gasteiger partial charge in [0.1, 0.15) is 5.65 Å². The summed E-state index contributed by atoms with van der Waals surface area (Å²) in [6, 6.07) is 21.3. The van der Waals surface area contributed by atoms with Crippen molar-refractivity contribution in [1.29, 1.82) is 0 Å². The highest BCUT2D eigenvalue weighted by Crippen LogP contribution is 2.36. The zero-order valence-electron chi connectivity index (χ0n) is 18.4. The Kier molecular flexibility index (Phi) is 5.88. The number of aromatic nitrogens is 3. The molecule has 0 aliphatic heterocycles. The number of thiophene rings is 1. The first-order valence-electron chi connectivity index (χ1n) is 11.2. The number of fused-ring (bicyclic) bond motifs is 2. The molecule has 5 aromatic rings.